The molecule has 2 heterocycles. The van der Waals surface area contributed by atoms with Crippen LogP contribution in [0, 0.1) is 6.92 Å². The molecule has 2 aromatic heterocycles. The first-order chi connectivity index (χ1) is 13.9. The Kier molecular flexibility index (Phi) is 5.74. The van der Waals surface area contributed by atoms with Gasteiger partial charge in [0.25, 0.3) is 5.56 Å². The van der Waals surface area contributed by atoms with Crippen molar-refractivity contribution in [3.8, 4) is 0 Å². The van der Waals surface area contributed by atoms with Gasteiger partial charge >= 0.3 is 0 Å². The minimum absolute atomic E-state index is 0.112. The van der Waals surface area contributed by atoms with Crippen molar-refractivity contribution in [2.24, 2.45) is 0 Å². The first kappa shape index (κ1) is 22.0. The van der Waals surface area contributed by atoms with E-state index >= 15 is 0 Å². The maximum atomic E-state index is 12.9. The van der Waals surface area contributed by atoms with E-state index in [1.807, 2.05) is 6.92 Å². The monoisotopic (exact) mass is 453 g/mol. The number of sulfone groups is 2. The highest BCUT2D eigenvalue weighted by Gasteiger charge is 2.21. The average molecular weight is 454 g/mol. The number of hydrogen-bond acceptors (Lipinski definition) is 8. The molecule has 0 aliphatic heterocycles. The summed E-state index contributed by atoms with van der Waals surface area (Å²) in [4.78, 5) is 12.8. The first-order valence-corrected chi connectivity index (χ1v) is 12.8. The molecule has 3 aromatic rings. The molecule has 0 spiro atoms. The number of H-pyrrole nitrogens is 1. The van der Waals surface area contributed by atoms with Gasteiger partial charge in [-0.2, -0.15) is 10.2 Å². The van der Waals surface area contributed by atoms with Crippen LogP contribution in [0.25, 0.3) is 10.8 Å². The number of hydrogen-bond donors (Lipinski definition) is 2. The van der Waals surface area contributed by atoms with Crippen LogP contribution in [0.15, 0.2) is 34.0 Å². The number of aryl methyl sites for hydroxylation is 1. The second-order valence-corrected chi connectivity index (χ2v) is 11.8. The van der Waals surface area contributed by atoms with Gasteiger partial charge in [-0.15, -0.1) is 0 Å². The van der Waals surface area contributed by atoms with Crippen LogP contribution in [0.4, 0.5) is 11.6 Å². The third-order valence-electron chi connectivity index (χ3n) is 4.42. The average Bonchev–Trinajstić information content (AvgIpc) is 3.06. The largest absolute Gasteiger partial charge is 0.321 e. The topological polar surface area (TPSA) is 144 Å². The van der Waals surface area contributed by atoms with Crippen molar-refractivity contribution < 1.29 is 16.8 Å². The standard InChI is InChI=1S/C18H23N5O5S2/c1-11(2)23-18(24)15-10-13(30(27,28)8-7-29(4,25)26)5-6-14(15)17(22-23)19-16-9-12(3)20-21-16/h5-6,9-11H,7-8H2,1-4H3,(H2,19,20,21,22). The lowest BCUT2D eigenvalue weighted by atomic mass is 10.2. The highest BCUT2D eigenvalue weighted by molar-refractivity contribution is 7.94. The van der Waals surface area contributed by atoms with Crippen molar-refractivity contribution in [1.29, 1.82) is 0 Å². The van der Waals surface area contributed by atoms with E-state index in [2.05, 4.69) is 20.6 Å². The van der Waals surface area contributed by atoms with Gasteiger partial charge in [-0.3, -0.25) is 9.89 Å². The number of rotatable bonds is 7. The van der Waals surface area contributed by atoms with Crippen LogP contribution < -0.4 is 10.9 Å². The second kappa shape index (κ2) is 7.84. The summed E-state index contributed by atoms with van der Waals surface area (Å²) in [5.41, 5.74) is 0.391. The summed E-state index contributed by atoms with van der Waals surface area (Å²) in [6, 6.07) is 5.61. The summed E-state index contributed by atoms with van der Waals surface area (Å²) in [7, 11) is -7.34. The summed E-state index contributed by atoms with van der Waals surface area (Å²) in [5.74, 6) is -0.200. The molecule has 30 heavy (non-hydrogen) atoms. The Balaban J connectivity index is 2.16. The predicted molar refractivity (Wildman–Crippen MR) is 115 cm³/mol. The number of benzene rings is 1. The maximum absolute atomic E-state index is 12.9. The molecule has 1 aromatic carbocycles. The van der Waals surface area contributed by atoms with Crippen molar-refractivity contribution in [3.63, 3.8) is 0 Å². The Morgan fingerprint density at radius 3 is 2.37 bits per heavy atom. The van der Waals surface area contributed by atoms with Crippen molar-refractivity contribution in [2.75, 3.05) is 23.1 Å². The molecular formula is C18H23N5O5S2. The van der Waals surface area contributed by atoms with E-state index in [0.717, 1.165) is 11.9 Å². The number of nitrogens with one attached hydrogen (secondary N) is 2. The summed E-state index contributed by atoms with van der Waals surface area (Å²) in [6.07, 6.45) is 0.977. The minimum atomic E-state index is -3.89. The van der Waals surface area contributed by atoms with Crippen molar-refractivity contribution in [1.82, 2.24) is 20.0 Å². The van der Waals surface area contributed by atoms with Crippen LogP contribution in [-0.4, -0.2) is 54.6 Å². The molecule has 0 fully saturated rings. The molecule has 0 saturated carbocycles. The van der Waals surface area contributed by atoms with Gasteiger partial charge < -0.3 is 5.32 Å². The Hall–Kier alpha value is -2.73. The molecule has 0 aliphatic rings. The predicted octanol–water partition coefficient (Wildman–Crippen LogP) is 1.57. The lowest BCUT2D eigenvalue weighted by Crippen LogP contribution is -2.26. The summed E-state index contributed by atoms with van der Waals surface area (Å²) in [5, 5.41) is 14.9. The zero-order valence-electron chi connectivity index (χ0n) is 17.0. The van der Waals surface area contributed by atoms with E-state index < -0.39 is 36.7 Å². The Morgan fingerprint density at radius 1 is 1.10 bits per heavy atom. The molecule has 0 unspecified atom stereocenters. The minimum Gasteiger partial charge on any atom is -0.321 e. The first-order valence-electron chi connectivity index (χ1n) is 9.13. The molecule has 10 nitrogen and oxygen atoms in total. The van der Waals surface area contributed by atoms with E-state index in [1.165, 1.54) is 22.9 Å². The van der Waals surface area contributed by atoms with E-state index in [4.69, 9.17) is 0 Å². The van der Waals surface area contributed by atoms with Gasteiger partial charge in [-0.1, -0.05) is 0 Å². The zero-order valence-corrected chi connectivity index (χ0v) is 18.6. The van der Waals surface area contributed by atoms with Crippen LogP contribution in [-0.2, 0) is 19.7 Å². The van der Waals surface area contributed by atoms with Crippen LogP contribution in [0.5, 0.6) is 0 Å². The fraction of sp³-hybridized carbons (Fsp3) is 0.389. The molecule has 0 saturated heterocycles. The van der Waals surface area contributed by atoms with Gasteiger partial charge in [0.1, 0.15) is 9.84 Å². The summed E-state index contributed by atoms with van der Waals surface area (Å²) in [6.45, 7) is 5.41. The summed E-state index contributed by atoms with van der Waals surface area (Å²) >= 11 is 0. The molecule has 0 bridgehead atoms. The molecule has 0 aliphatic carbocycles. The van der Waals surface area contributed by atoms with E-state index in [0.29, 0.717) is 17.0 Å². The molecule has 162 valence electrons. The molecular weight excluding hydrogens is 430 g/mol. The molecule has 3 rings (SSSR count). The quantitative estimate of drug-likeness (QED) is 0.548. The lowest BCUT2D eigenvalue weighted by Gasteiger charge is -2.14. The van der Waals surface area contributed by atoms with E-state index in [9.17, 15) is 21.6 Å². The van der Waals surface area contributed by atoms with E-state index in [-0.39, 0.29) is 16.3 Å². The number of aromatic nitrogens is 4. The molecule has 12 heteroatoms. The number of aromatic amines is 1. The van der Waals surface area contributed by atoms with Crippen molar-refractivity contribution in [2.45, 2.75) is 31.7 Å². The van der Waals surface area contributed by atoms with Gasteiger partial charge in [-0.25, -0.2) is 21.5 Å². The highest BCUT2D eigenvalue weighted by Crippen LogP contribution is 2.25. The normalized spacial score (nSPS) is 12.6. The van der Waals surface area contributed by atoms with Crippen LogP contribution >= 0.6 is 0 Å². The van der Waals surface area contributed by atoms with Gasteiger partial charge in [0, 0.05) is 23.4 Å². The maximum Gasteiger partial charge on any atom is 0.275 e. The van der Waals surface area contributed by atoms with Crippen LogP contribution in [0.1, 0.15) is 25.6 Å². The van der Waals surface area contributed by atoms with E-state index in [1.54, 1.807) is 19.9 Å². The second-order valence-electron chi connectivity index (χ2n) is 7.41. The lowest BCUT2D eigenvalue weighted by molar-refractivity contribution is 0.510. The number of anilines is 2. The fourth-order valence-electron chi connectivity index (χ4n) is 2.86. The van der Waals surface area contributed by atoms with Gasteiger partial charge in [-0.05, 0) is 39.0 Å². The third-order valence-corrected chi connectivity index (χ3v) is 7.33. The number of nitrogens with zero attached hydrogens (tertiary/aromatic N) is 3. The molecule has 2 N–H and O–H groups in total. The third kappa shape index (κ3) is 4.70. The Bertz CT molecular complexity index is 1370. The summed E-state index contributed by atoms with van der Waals surface area (Å²) < 4.78 is 49.2. The molecule has 0 radical (unpaired) electrons. The SMILES string of the molecule is Cc1cc(Nc2nn(C(C)C)c(=O)c3cc(S(=O)(=O)CCS(C)(=O)=O)ccc23)n[nH]1. The van der Waals surface area contributed by atoms with Gasteiger partial charge in [0.15, 0.2) is 21.5 Å². The van der Waals surface area contributed by atoms with Crippen molar-refractivity contribution >= 4 is 42.1 Å². The van der Waals surface area contributed by atoms with Gasteiger partial charge in [0.05, 0.1) is 27.8 Å². The Morgan fingerprint density at radius 2 is 1.80 bits per heavy atom. The molecule has 0 amide bonds. The van der Waals surface area contributed by atoms with Crippen LogP contribution in [0.3, 0.4) is 0 Å². The smallest absolute Gasteiger partial charge is 0.275 e. The van der Waals surface area contributed by atoms with Crippen molar-refractivity contribution in [3.05, 3.63) is 40.3 Å². The zero-order chi connectivity index (χ0) is 22.3. The Labute approximate surface area is 174 Å². The van der Waals surface area contributed by atoms with Crippen LogP contribution in [0.2, 0.25) is 0 Å². The fourth-order valence-corrected chi connectivity index (χ4v) is 5.75. The molecule has 0 atom stereocenters. The highest BCUT2D eigenvalue weighted by atomic mass is 32.2. The number of fused-ring (bicyclic) bond motifs is 1. The van der Waals surface area contributed by atoms with Gasteiger partial charge in [0.2, 0.25) is 0 Å².